The Balaban J connectivity index is 1.61. The van der Waals surface area contributed by atoms with Gasteiger partial charge in [-0.3, -0.25) is 14.5 Å². The van der Waals surface area contributed by atoms with E-state index in [4.69, 9.17) is 11.6 Å². The molecule has 3 heterocycles. The second-order valence-corrected chi connectivity index (χ2v) is 11.4. The first kappa shape index (κ1) is 22.5. The molecule has 5 nitrogen and oxygen atoms in total. The minimum atomic E-state index is -1.09. The van der Waals surface area contributed by atoms with Gasteiger partial charge in [-0.05, 0) is 67.3 Å². The molecule has 2 aliphatic rings. The van der Waals surface area contributed by atoms with Crippen LogP contribution in [0.4, 0.5) is 5.69 Å². The summed E-state index contributed by atoms with van der Waals surface area (Å²) in [5, 5.41) is 5.92. The van der Waals surface area contributed by atoms with Gasteiger partial charge in [0.1, 0.15) is 11.2 Å². The van der Waals surface area contributed by atoms with Gasteiger partial charge in [0.25, 0.3) is 5.91 Å². The van der Waals surface area contributed by atoms with E-state index in [0.717, 1.165) is 28.6 Å². The van der Waals surface area contributed by atoms with Crippen LogP contribution in [0.15, 0.2) is 35.7 Å². The molecule has 0 unspecified atom stereocenters. The van der Waals surface area contributed by atoms with Gasteiger partial charge < -0.3 is 9.88 Å². The van der Waals surface area contributed by atoms with E-state index in [1.54, 1.807) is 22.3 Å². The summed E-state index contributed by atoms with van der Waals surface area (Å²) < 4.78 is 3.07. The normalized spacial score (nSPS) is 27.6. The lowest BCUT2D eigenvalue weighted by Gasteiger charge is -2.46. The highest BCUT2D eigenvalue weighted by Gasteiger charge is 2.50. The number of halogens is 1. The van der Waals surface area contributed by atoms with Gasteiger partial charge in [-0.1, -0.05) is 44.4 Å². The topological polar surface area (TPSA) is 54.3 Å². The lowest BCUT2D eigenvalue weighted by atomic mass is 9.77. The largest absolute Gasteiger partial charge is 0.351 e. The maximum Gasteiger partial charge on any atom is 0.275 e. The molecule has 2 amide bonds. The van der Waals surface area contributed by atoms with Crippen molar-refractivity contribution in [2.75, 3.05) is 4.90 Å². The summed E-state index contributed by atoms with van der Waals surface area (Å²) >= 11 is 7.96. The smallest absolute Gasteiger partial charge is 0.275 e. The Kier molecular flexibility index (Phi) is 5.57. The Morgan fingerprint density at radius 1 is 1.21 bits per heavy atom. The molecule has 0 bridgehead atoms. The molecular weight excluding hydrogens is 454 g/mol. The summed E-state index contributed by atoms with van der Waals surface area (Å²) in [4.78, 5) is 29.7. The van der Waals surface area contributed by atoms with Gasteiger partial charge in [-0.25, -0.2) is 0 Å². The third-order valence-corrected chi connectivity index (χ3v) is 8.92. The van der Waals surface area contributed by atoms with Gasteiger partial charge in [0.05, 0.1) is 16.8 Å². The van der Waals surface area contributed by atoms with Gasteiger partial charge in [0.2, 0.25) is 5.91 Å². The zero-order valence-corrected chi connectivity index (χ0v) is 21.1. The average molecular weight is 484 g/mol. The van der Waals surface area contributed by atoms with Crippen LogP contribution in [-0.2, 0) is 11.3 Å². The zero-order chi connectivity index (χ0) is 23.5. The first-order chi connectivity index (χ1) is 15.7. The number of hydrogen-bond donors (Lipinski definition) is 1. The molecule has 0 radical (unpaired) electrons. The summed E-state index contributed by atoms with van der Waals surface area (Å²) in [6.45, 7) is 8.71. The molecule has 1 N–H and O–H groups in total. The monoisotopic (exact) mass is 483 g/mol. The predicted molar refractivity (Wildman–Crippen MR) is 135 cm³/mol. The number of amides is 2. The molecule has 33 heavy (non-hydrogen) atoms. The number of rotatable bonds is 3. The van der Waals surface area contributed by atoms with Gasteiger partial charge in [-0.15, -0.1) is 11.3 Å². The second-order valence-electron chi connectivity index (χ2n) is 9.98. The molecule has 5 rings (SSSR count). The van der Waals surface area contributed by atoms with E-state index < -0.39 is 5.54 Å². The molecule has 1 saturated carbocycles. The number of thiophene rings is 1. The summed E-state index contributed by atoms with van der Waals surface area (Å²) in [6, 6.07) is 9.60. The number of nitrogens with one attached hydrogen (secondary N) is 1. The predicted octanol–water partition coefficient (Wildman–Crippen LogP) is 6.02. The number of aryl methyl sites for hydroxylation is 1. The molecule has 174 valence electrons. The number of carbonyl (C=O) groups is 2. The number of anilines is 1. The maximum atomic E-state index is 14.0. The number of fused-ring (bicyclic) bond motifs is 3. The minimum Gasteiger partial charge on any atom is -0.351 e. The van der Waals surface area contributed by atoms with Crippen LogP contribution in [0.1, 0.15) is 56.1 Å². The van der Waals surface area contributed by atoms with Crippen molar-refractivity contribution in [2.24, 2.45) is 11.8 Å². The highest BCUT2D eigenvalue weighted by Crippen LogP contribution is 2.39. The number of nitrogens with zero attached hydrogens (tertiary/aromatic N) is 2. The summed E-state index contributed by atoms with van der Waals surface area (Å²) in [5.41, 5.74) is 2.12. The van der Waals surface area contributed by atoms with E-state index in [1.165, 1.54) is 6.42 Å². The lowest BCUT2D eigenvalue weighted by molar-refractivity contribution is -0.128. The highest BCUT2D eigenvalue weighted by atomic mass is 35.5. The fourth-order valence-corrected chi connectivity index (χ4v) is 6.51. The van der Waals surface area contributed by atoms with Gasteiger partial charge in [0, 0.05) is 16.8 Å². The summed E-state index contributed by atoms with van der Waals surface area (Å²) in [6.07, 6.45) is 3.28. The van der Waals surface area contributed by atoms with Crippen LogP contribution in [-0.4, -0.2) is 28.0 Å². The fraction of sp³-hybridized carbons (Fsp3) is 0.462. The molecule has 2 aromatic heterocycles. The molecule has 3 aromatic rings. The molecule has 1 aliphatic heterocycles. The van der Waals surface area contributed by atoms with Crippen molar-refractivity contribution in [3.8, 4) is 0 Å². The van der Waals surface area contributed by atoms with E-state index in [9.17, 15) is 9.59 Å². The van der Waals surface area contributed by atoms with Gasteiger partial charge >= 0.3 is 0 Å². The number of hydrogen-bond acceptors (Lipinski definition) is 3. The Morgan fingerprint density at radius 2 is 2.00 bits per heavy atom. The average Bonchev–Trinajstić information content (AvgIpc) is 3.36. The molecule has 0 spiro atoms. The number of aromatic nitrogens is 1. The van der Waals surface area contributed by atoms with Crippen LogP contribution in [0, 0.1) is 18.8 Å². The van der Waals surface area contributed by atoms with Crippen molar-refractivity contribution in [1.82, 2.24) is 9.88 Å². The van der Waals surface area contributed by atoms with Crippen LogP contribution in [0.25, 0.3) is 10.2 Å². The highest BCUT2D eigenvalue weighted by molar-refractivity contribution is 7.17. The van der Waals surface area contributed by atoms with Crippen LogP contribution in [0.2, 0.25) is 5.02 Å². The van der Waals surface area contributed by atoms with Crippen LogP contribution in [0.3, 0.4) is 0 Å². The molecule has 7 heteroatoms. The van der Waals surface area contributed by atoms with Crippen molar-refractivity contribution in [3.05, 3.63) is 52.0 Å². The molecule has 1 aliphatic carbocycles. The van der Waals surface area contributed by atoms with Crippen molar-refractivity contribution < 1.29 is 9.59 Å². The zero-order valence-electron chi connectivity index (χ0n) is 19.5. The van der Waals surface area contributed by atoms with Crippen molar-refractivity contribution in [1.29, 1.82) is 0 Å². The van der Waals surface area contributed by atoms with E-state index >= 15 is 0 Å². The van der Waals surface area contributed by atoms with E-state index in [1.807, 2.05) is 48.1 Å². The fourth-order valence-electron chi connectivity index (χ4n) is 5.52. The lowest BCUT2D eigenvalue weighted by Crippen LogP contribution is -2.66. The molecule has 4 atom stereocenters. The van der Waals surface area contributed by atoms with Crippen LogP contribution < -0.4 is 10.2 Å². The maximum absolute atomic E-state index is 14.0. The van der Waals surface area contributed by atoms with E-state index in [0.29, 0.717) is 34.8 Å². The Morgan fingerprint density at radius 3 is 2.79 bits per heavy atom. The summed E-state index contributed by atoms with van der Waals surface area (Å²) in [5.74, 6) is 0.692. The quantitative estimate of drug-likeness (QED) is 0.494. The SMILES string of the molecule is Cc1ccc(Cl)cc1N1C(=O)c2cc3sccc3n2C[C@]1(C)C(=O)N[C@@H]1CCC[C@H](C)[C@@H]1C. The summed E-state index contributed by atoms with van der Waals surface area (Å²) in [7, 11) is 0. The first-order valence-electron chi connectivity index (χ1n) is 11.7. The molecule has 1 aromatic carbocycles. The van der Waals surface area contributed by atoms with Gasteiger partial charge in [-0.2, -0.15) is 0 Å². The van der Waals surface area contributed by atoms with Crippen LogP contribution >= 0.6 is 22.9 Å². The van der Waals surface area contributed by atoms with Crippen molar-refractivity contribution in [2.45, 2.75) is 65.1 Å². The first-order valence-corrected chi connectivity index (χ1v) is 12.9. The number of benzene rings is 1. The van der Waals surface area contributed by atoms with Gasteiger partial charge in [0.15, 0.2) is 0 Å². The molecular formula is C26H30ClN3O2S. The third-order valence-electron chi connectivity index (χ3n) is 7.83. The second kappa shape index (κ2) is 8.17. The van der Waals surface area contributed by atoms with Crippen molar-refractivity contribution in [3.63, 3.8) is 0 Å². The molecule has 0 saturated heterocycles. The molecule has 1 fully saturated rings. The van der Waals surface area contributed by atoms with E-state index in [-0.39, 0.29) is 17.9 Å². The number of carbonyl (C=O) groups excluding carboxylic acids is 2. The van der Waals surface area contributed by atoms with E-state index in [2.05, 4.69) is 19.2 Å². The minimum absolute atomic E-state index is 0.107. The Bertz CT molecular complexity index is 1250. The Labute approximate surface area is 203 Å². The third kappa shape index (κ3) is 3.58. The Hall–Kier alpha value is -2.31. The van der Waals surface area contributed by atoms with Crippen LogP contribution in [0.5, 0.6) is 0 Å². The van der Waals surface area contributed by atoms with Crippen molar-refractivity contribution >= 4 is 50.7 Å². The standard InChI is InChI=1S/C26H30ClN3O2S/c1-15-6-5-7-19(17(15)3)28-25(32)26(4)14-29-20-10-11-33-23(20)13-22(29)24(31)30(26)21-12-18(27)9-8-16(21)2/h8-13,15,17,19H,5-7,14H2,1-4H3,(H,28,32)/t15-,17-,19+,26+/m0/s1.